The van der Waals surface area contributed by atoms with Crippen LogP contribution in [0.25, 0.3) is 0 Å². The Labute approximate surface area is 111 Å². The summed E-state index contributed by atoms with van der Waals surface area (Å²) in [5, 5.41) is 14.3. The molecule has 2 unspecified atom stereocenters. The molecule has 0 aromatic carbocycles. The van der Waals surface area contributed by atoms with Gasteiger partial charge in [-0.1, -0.05) is 0 Å². The first-order valence-corrected chi connectivity index (χ1v) is 6.78. The maximum absolute atomic E-state index is 9.91. The van der Waals surface area contributed by atoms with E-state index in [1.807, 2.05) is 13.8 Å². The summed E-state index contributed by atoms with van der Waals surface area (Å²) >= 11 is 1.69. The molecule has 2 aromatic rings. The monoisotopic (exact) mass is 266 g/mol. The number of thiazole rings is 1. The highest BCUT2D eigenvalue weighted by atomic mass is 32.1. The molecule has 5 heteroatoms. The minimum absolute atomic E-state index is 0.181. The molecule has 0 aliphatic heterocycles. The van der Waals surface area contributed by atoms with Crippen molar-refractivity contribution in [1.29, 1.82) is 0 Å². The van der Waals surface area contributed by atoms with Crippen molar-refractivity contribution < 1.29 is 9.52 Å². The number of aliphatic hydroxyl groups excluding tert-OH is 1. The number of hydrogen-bond acceptors (Lipinski definition) is 5. The van der Waals surface area contributed by atoms with Gasteiger partial charge in [0.1, 0.15) is 11.9 Å². The zero-order chi connectivity index (χ0) is 13.1. The molecule has 0 amide bonds. The topological polar surface area (TPSA) is 58.3 Å². The number of nitrogens with zero attached hydrogens (tertiary/aromatic N) is 1. The molecular weight excluding hydrogens is 248 g/mol. The largest absolute Gasteiger partial charge is 0.467 e. The van der Waals surface area contributed by atoms with Crippen LogP contribution in [0.1, 0.15) is 40.4 Å². The third-order valence-electron chi connectivity index (χ3n) is 2.82. The number of rotatable bonds is 5. The Hall–Kier alpha value is -1.17. The van der Waals surface area contributed by atoms with E-state index in [0.29, 0.717) is 12.3 Å². The second-order valence-corrected chi connectivity index (χ2v) is 5.58. The van der Waals surface area contributed by atoms with E-state index in [0.717, 1.165) is 10.7 Å². The Morgan fingerprint density at radius 1 is 1.50 bits per heavy atom. The van der Waals surface area contributed by atoms with Gasteiger partial charge in [-0.2, -0.15) is 0 Å². The van der Waals surface area contributed by atoms with Crippen molar-refractivity contribution in [2.75, 3.05) is 6.54 Å². The van der Waals surface area contributed by atoms with Gasteiger partial charge in [0.05, 0.1) is 17.0 Å². The number of hydrogen-bond donors (Lipinski definition) is 2. The van der Waals surface area contributed by atoms with E-state index in [1.165, 1.54) is 4.88 Å². The molecule has 98 valence electrons. The number of furan rings is 1. The van der Waals surface area contributed by atoms with Gasteiger partial charge in [0.15, 0.2) is 0 Å². The van der Waals surface area contributed by atoms with Gasteiger partial charge in [0, 0.05) is 17.5 Å². The first kappa shape index (κ1) is 13.3. The zero-order valence-corrected chi connectivity index (χ0v) is 11.6. The second-order valence-electron chi connectivity index (χ2n) is 4.34. The van der Waals surface area contributed by atoms with Crippen molar-refractivity contribution in [3.8, 4) is 0 Å². The van der Waals surface area contributed by atoms with Gasteiger partial charge in [0.2, 0.25) is 0 Å². The lowest BCUT2D eigenvalue weighted by Crippen LogP contribution is -2.24. The van der Waals surface area contributed by atoms with Crippen molar-refractivity contribution in [3.05, 3.63) is 39.7 Å². The lowest BCUT2D eigenvalue weighted by Gasteiger charge is -2.15. The van der Waals surface area contributed by atoms with E-state index in [2.05, 4.69) is 17.2 Å². The fraction of sp³-hybridized carbons (Fsp3) is 0.462. The summed E-state index contributed by atoms with van der Waals surface area (Å²) in [6, 6.07) is 3.73. The molecular formula is C13H18N2O2S. The first-order valence-electron chi connectivity index (χ1n) is 5.96. The average Bonchev–Trinajstić information content (AvgIpc) is 2.95. The third-order valence-corrected chi connectivity index (χ3v) is 4.08. The molecule has 0 aliphatic rings. The Morgan fingerprint density at radius 2 is 2.28 bits per heavy atom. The second kappa shape index (κ2) is 5.65. The number of aromatic nitrogens is 1. The minimum Gasteiger partial charge on any atom is -0.467 e. The highest BCUT2D eigenvalue weighted by molar-refractivity contribution is 7.11. The molecule has 0 aliphatic carbocycles. The van der Waals surface area contributed by atoms with E-state index in [-0.39, 0.29) is 6.04 Å². The fourth-order valence-corrected chi connectivity index (χ4v) is 2.87. The molecule has 0 fully saturated rings. The van der Waals surface area contributed by atoms with Crippen LogP contribution >= 0.6 is 11.3 Å². The first-order chi connectivity index (χ1) is 8.58. The van der Waals surface area contributed by atoms with Crippen LogP contribution in [-0.4, -0.2) is 16.6 Å². The summed E-state index contributed by atoms with van der Waals surface area (Å²) in [6.07, 6.45) is 0.954. The Bertz CT molecular complexity index is 493. The molecule has 0 saturated heterocycles. The van der Waals surface area contributed by atoms with Gasteiger partial charge < -0.3 is 14.8 Å². The molecule has 0 radical (unpaired) electrons. The van der Waals surface area contributed by atoms with Crippen LogP contribution in [0.4, 0.5) is 0 Å². The smallest absolute Gasteiger partial charge is 0.133 e. The number of aryl methyl sites for hydroxylation is 2. The highest BCUT2D eigenvalue weighted by Crippen LogP contribution is 2.24. The molecule has 0 bridgehead atoms. The van der Waals surface area contributed by atoms with Crippen LogP contribution in [0.2, 0.25) is 0 Å². The van der Waals surface area contributed by atoms with E-state index >= 15 is 0 Å². The normalized spacial score (nSPS) is 14.7. The van der Waals surface area contributed by atoms with E-state index in [1.54, 1.807) is 29.7 Å². The maximum Gasteiger partial charge on any atom is 0.133 e. The highest BCUT2D eigenvalue weighted by Gasteiger charge is 2.15. The quantitative estimate of drug-likeness (QED) is 0.873. The van der Waals surface area contributed by atoms with Crippen LogP contribution in [0.5, 0.6) is 0 Å². The summed E-state index contributed by atoms with van der Waals surface area (Å²) in [6.45, 7) is 6.56. The number of aliphatic hydroxyl groups is 1. The van der Waals surface area contributed by atoms with Gasteiger partial charge in [-0.05, 0) is 32.9 Å². The molecule has 2 aromatic heterocycles. The Morgan fingerprint density at radius 3 is 2.83 bits per heavy atom. The van der Waals surface area contributed by atoms with Gasteiger partial charge in [-0.15, -0.1) is 11.3 Å². The van der Waals surface area contributed by atoms with Gasteiger partial charge in [-0.25, -0.2) is 4.98 Å². The maximum atomic E-state index is 9.91. The van der Waals surface area contributed by atoms with Crippen molar-refractivity contribution >= 4 is 11.3 Å². The van der Waals surface area contributed by atoms with Crippen molar-refractivity contribution in [3.63, 3.8) is 0 Å². The predicted octanol–water partition coefficient (Wildman–Crippen LogP) is 2.74. The summed E-state index contributed by atoms with van der Waals surface area (Å²) in [5.74, 6) is 0.590. The summed E-state index contributed by atoms with van der Waals surface area (Å²) in [4.78, 5) is 5.63. The Kier molecular flexibility index (Phi) is 4.16. The van der Waals surface area contributed by atoms with Crippen LogP contribution < -0.4 is 5.32 Å². The molecule has 2 rings (SSSR count). The molecule has 0 saturated carbocycles. The van der Waals surface area contributed by atoms with E-state index < -0.39 is 6.10 Å². The van der Waals surface area contributed by atoms with Crippen LogP contribution in [-0.2, 0) is 0 Å². The van der Waals surface area contributed by atoms with E-state index in [4.69, 9.17) is 4.42 Å². The lowest BCUT2D eigenvalue weighted by molar-refractivity contribution is 0.144. The molecule has 0 spiro atoms. The van der Waals surface area contributed by atoms with Gasteiger partial charge in [-0.3, -0.25) is 0 Å². The average molecular weight is 266 g/mol. The fourth-order valence-electron chi connectivity index (χ4n) is 1.91. The third kappa shape index (κ3) is 2.98. The van der Waals surface area contributed by atoms with Crippen molar-refractivity contribution in [2.45, 2.75) is 32.9 Å². The lowest BCUT2D eigenvalue weighted by atomic mass is 10.2. The van der Waals surface area contributed by atoms with Gasteiger partial charge in [0.25, 0.3) is 0 Å². The van der Waals surface area contributed by atoms with E-state index in [9.17, 15) is 5.11 Å². The zero-order valence-electron chi connectivity index (χ0n) is 10.8. The van der Waals surface area contributed by atoms with Crippen LogP contribution in [0.15, 0.2) is 22.8 Å². The minimum atomic E-state index is -0.614. The summed E-state index contributed by atoms with van der Waals surface area (Å²) < 4.78 is 5.16. The van der Waals surface area contributed by atoms with Gasteiger partial charge >= 0.3 is 0 Å². The molecule has 2 atom stereocenters. The molecule has 18 heavy (non-hydrogen) atoms. The van der Waals surface area contributed by atoms with Crippen LogP contribution in [0.3, 0.4) is 0 Å². The molecule has 2 heterocycles. The molecule has 4 nitrogen and oxygen atoms in total. The van der Waals surface area contributed by atoms with Crippen molar-refractivity contribution in [1.82, 2.24) is 10.3 Å². The predicted molar refractivity (Wildman–Crippen MR) is 71.7 cm³/mol. The summed E-state index contributed by atoms with van der Waals surface area (Å²) in [5.41, 5.74) is 1.06. The van der Waals surface area contributed by atoms with Crippen LogP contribution in [0, 0.1) is 13.8 Å². The SMILES string of the molecule is Cc1nc(C)c(C(C)NCC(O)c2ccco2)s1. The Balaban J connectivity index is 1.92. The summed E-state index contributed by atoms with van der Waals surface area (Å²) in [7, 11) is 0. The molecule has 2 N–H and O–H groups in total. The standard InChI is InChI=1S/C13H18N2O2S/c1-8(13-9(2)15-10(3)18-13)14-7-11(16)12-5-4-6-17-12/h4-6,8,11,14,16H,7H2,1-3H3. The van der Waals surface area contributed by atoms with Crippen molar-refractivity contribution in [2.24, 2.45) is 0 Å². The number of nitrogens with one attached hydrogen (secondary N) is 1.